The lowest BCUT2D eigenvalue weighted by molar-refractivity contribution is 0.0954. The van der Waals surface area contributed by atoms with E-state index in [1.165, 1.54) is 0 Å². The van der Waals surface area contributed by atoms with Crippen LogP contribution in [0.15, 0.2) is 48.8 Å². The number of hydrogen-bond donors (Lipinski definition) is 2. The molecule has 2 aromatic heterocycles. The molecule has 0 atom stereocenters. The quantitative estimate of drug-likeness (QED) is 0.460. The van der Waals surface area contributed by atoms with Crippen LogP contribution in [-0.2, 0) is 6.54 Å². The highest BCUT2D eigenvalue weighted by atomic mass is 32.2. The van der Waals surface area contributed by atoms with E-state index in [0.717, 1.165) is 34.9 Å². The number of nitrogens with one attached hydrogen (secondary N) is 2. The van der Waals surface area contributed by atoms with E-state index in [2.05, 4.69) is 24.5 Å². The summed E-state index contributed by atoms with van der Waals surface area (Å²) in [5, 5.41) is 3.49. The van der Waals surface area contributed by atoms with Gasteiger partial charge < -0.3 is 19.9 Å². The molecule has 0 unspecified atom stereocenters. The summed E-state index contributed by atoms with van der Waals surface area (Å²) in [6, 6.07) is 11.8. The maximum Gasteiger partial charge on any atom is 0.181 e. The standard InChI is InChI=1S/C24H30N6O2S/c1-28(2)12-13-32-21-14-25-11-10-18(21)23-24(26-17-8-6-5-7-9-17)22-19(27-23)15-30(16-20(22)31)33-29(3)4/h5-11,14,26-27H,12-13,15-16H2,1-4H3. The molecule has 0 fully saturated rings. The van der Waals surface area contributed by atoms with Gasteiger partial charge in [0.25, 0.3) is 0 Å². The topological polar surface area (TPSA) is 76.7 Å². The molecule has 0 saturated heterocycles. The minimum Gasteiger partial charge on any atom is -0.490 e. The molecule has 174 valence electrons. The summed E-state index contributed by atoms with van der Waals surface area (Å²) >= 11 is 1.54. The van der Waals surface area contributed by atoms with Crippen LogP contribution in [0.5, 0.6) is 5.75 Å². The maximum absolute atomic E-state index is 13.3. The zero-order valence-electron chi connectivity index (χ0n) is 19.5. The Morgan fingerprint density at radius 2 is 1.94 bits per heavy atom. The van der Waals surface area contributed by atoms with Gasteiger partial charge in [-0.3, -0.25) is 9.78 Å². The fourth-order valence-electron chi connectivity index (χ4n) is 3.77. The molecule has 0 amide bonds. The molecule has 1 aliphatic heterocycles. The van der Waals surface area contributed by atoms with E-state index >= 15 is 0 Å². The predicted molar refractivity (Wildman–Crippen MR) is 134 cm³/mol. The normalized spacial score (nSPS) is 14.1. The average molecular weight is 467 g/mol. The molecular formula is C24H30N6O2S. The third kappa shape index (κ3) is 5.56. The highest BCUT2D eigenvalue weighted by Gasteiger charge is 2.32. The number of carbonyl (C=O) groups excluding carboxylic acids is 1. The number of likely N-dealkylation sites (N-methyl/N-ethyl adjacent to an activating group) is 1. The lowest BCUT2D eigenvalue weighted by atomic mass is 10.0. The van der Waals surface area contributed by atoms with Gasteiger partial charge in [0, 0.05) is 41.8 Å². The highest BCUT2D eigenvalue weighted by Crippen LogP contribution is 2.41. The molecule has 1 aliphatic rings. The largest absolute Gasteiger partial charge is 0.490 e. The first-order valence-electron chi connectivity index (χ1n) is 10.8. The second kappa shape index (κ2) is 10.4. The Balaban J connectivity index is 1.76. The summed E-state index contributed by atoms with van der Waals surface area (Å²) < 4.78 is 10.1. The zero-order valence-corrected chi connectivity index (χ0v) is 20.3. The van der Waals surface area contributed by atoms with Crippen molar-refractivity contribution in [2.45, 2.75) is 6.54 Å². The summed E-state index contributed by atoms with van der Waals surface area (Å²) in [6.07, 6.45) is 3.48. The summed E-state index contributed by atoms with van der Waals surface area (Å²) in [4.78, 5) is 23.2. The smallest absolute Gasteiger partial charge is 0.181 e. The Labute approximate surface area is 199 Å². The third-order valence-corrected chi connectivity index (χ3v) is 6.00. The average Bonchev–Trinajstić information content (AvgIpc) is 3.12. The van der Waals surface area contributed by atoms with Gasteiger partial charge in [-0.15, -0.1) is 0 Å². The monoisotopic (exact) mass is 466 g/mol. The van der Waals surface area contributed by atoms with Crippen molar-refractivity contribution < 1.29 is 9.53 Å². The van der Waals surface area contributed by atoms with Crippen molar-refractivity contribution in [2.24, 2.45) is 0 Å². The van der Waals surface area contributed by atoms with E-state index < -0.39 is 0 Å². The van der Waals surface area contributed by atoms with Crippen LogP contribution in [0.4, 0.5) is 11.4 Å². The first-order valence-corrected chi connectivity index (χ1v) is 11.6. The lowest BCUT2D eigenvalue weighted by Gasteiger charge is -2.27. The van der Waals surface area contributed by atoms with Crippen molar-refractivity contribution in [2.75, 3.05) is 53.2 Å². The van der Waals surface area contributed by atoms with Crippen LogP contribution in [0.1, 0.15) is 16.1 Å². The highest BCUT2D eigenvalue weighted by molar-refractivity contribution is 7.94. The number of fused-ring (bicyclic) bond motifs is 1. The van der Waals surface area contributed by atoms with Gasteiger partial charge in [-0.05, 0) is 46.4 Å². The number of aromatic nitrogens is 2. The Hall–Kier alpha value is -2.85. The molecule has 0 radical (unpaired) electrons. The summed E-state index contributed by atoms with van der Waals surface area (Å²) in [6.45, 7) is 2.31. The number of anilines is 2. The number of hydrogen-bond acceptors (Lipinski definition) is 8. The number of H-pyrrole nitrogens is 1. The Morgan fingerprint density at radius 1 is 1.15 bits per heavy atom. The van der Waals surface area contributed by atoms with Gasteiger partial charge in [0.2, 0.25) is 0 Å². The maximum atomic E-state index is 13.3. The number of rotatable bonds is 9. The number of nitrogens with zero attached hydrogens (tertiary/aromatic N) is 4. The van der Waals surface area contributed by atoms with E-state index in [4.69, 9.17) is 4.74 Å². The number of aromatic amines is 1. The number of para-hydroxylation sites is 1. The number of pyridine rings is 1. The number of benzene rings is 1. The second-order valence-corrected chi connectivity index (χ2v) is 9.77. The lowest BCUT2D eigenvalue weighted by Crippen LogP contribution is -2.32. The Morgan fingerprint density at radius 3 is 2.67 bits per heavy atom. The van der Waals surface area contributed by atoms with Crippen molar-refractivity contribution >= 4 is 29.3 Å². The molecule has 0 bridgehead atoms. The van der Waals surface area contributed by atoms with E-state index in [1.807, 2.05) is 68.9 Å². The molecule has 8 nitrogen and oxygen atoms in total. The minimum absolute atomic E-state index is 0.0793. The fourth-order valence-corrected chi connectivity index (χ4v) is 4.59. The van der Waals surface area contributed by atoms with Crippen LogP contribution in [-0.4, -0.2) is 77.1 Å². The summed E-state index contributed by atoms with van der Waals surface area (Å²) in [5.74, 6) is 0.761. The van der Waals surface area contributed by atoms with Crippen LogP contribution < -0.4 is 10.1 Å². The van der Waals surface area contributed by atoms with Gasteiger partial charge in [0.1, 0.15) is 12.4 Å². The second-order valence-electron chi connectivity index (χ2n) is 8.36. The molecular weight excluding hydrogens is 436 g/mol. The Kier molecular flexibility index (Phi) is 7.34. The van der Waals surface area contributed by atoms with E-state index in [9.17, 15) is 4.79 Å². The van der Waals surface area contributed by atoms with E-state index in [-0.39, 0.29) is 5.78 Å². The van der Waals surface area contributed by atoms with Gasteiger partial charge in [0.15, 0.2) is 5.78 Å². The first-order chi connectivity index (χ1) is 15.9. The van der Waals surface area contributed by atoms with Crippen molar-refractivity contribution in [1.29, 1.82) is 0 Å². The van der Waals surface area contributed by atoms with Crippen LogP contribution in [0.25, 0.3) is 11.3 Å². The molecule has 3 heterocycles. The van der Waals surface area contributed by atoms with E-state index in [1.54, 1.807) is 24.5 Å². The van der Waals surface area contributed by atoms with E-state index in [0.29, 0.717) is 31.0 Å². The van der Waals surface area contributed by atoms with Crippen molar-refractivity contribution in [3.8, 4) is 17.0 Å². The molecule has 0 spiro atoms. The van der Waals surface area contributed by atoms with Gasteiger partial charge in [0.05, 0.1) is 36.2 Å². The van der Waals surface area contributed by atoms with Crippen LogP contribution in [0.3, 0.4) is 0 Å². The predicted octanol–water partition coefficient (Wildman–Crippen LogP) is 3.88. The van der Waals surface area contributed by atoms with Gasteiger partial charge in [-0.1, -0.05) is 18.2 Å². The number of Topliss-reactive ketones (excluding diaryl/α,β-unsaturated/α-hetero) is 1. The van der Waals surface area contributed by atoms with Crippen molar-refractivity contribution in [1.82, 2.24) is 23.5 Å². The van der Waals surface area contributed by atoms with Gasteiger partial charge in [-0.2, -0.15) is 0 Å². The van der Waals surface area contributed by atoms with Gasteiger partial charge >= 0.3 is 0 Å². The van der Waals surface area contributed by atoms with Crippen LogP contribution in [0, 0.1) is 0 Å². The molecule has 2 N–H and O–H groups in total. The van der Waals surface area contributed by atoms with Crippen LogP contribution >= 0.6 is 12.1 Å². The van der Waals surface area contributed by atoms with Crippen LogP contribution in [0.2, 0.25) is 0 Å². The molecule has 3 aromatic rings. The summed E-state index contributed by atoms with van der Waals surface area (Å²) in [5.41, 5.74) is 5.00. The first kappa shape index (κ1) is 23.3. The molecule has 0 aliphatic carbocycles. The SMILES string of the molecule is CN(C)CCOc1cnccc1-c1[nH]c2c(c1Nc1ccccc1)C(=O)CN(SN(C)C)C2. The summed E-state index contributed by atoms with van der Waals surface area (Å²) in [7, 11) is 7.97. The molecule has 4 rings (SSSR count). The third-order valence-electron chi connectivity index (χ3n) is 5.18. The Bertz CT molecular complexity index is 1100. The van der Waals surface area contributed by atoms with Crippen molar-refractivity contribution in [3.63, 3.8) is 0 Å². The number of ether oxygens (including phenoxy) is 1. The molecule has 0 saturated carbocycles. The van der Waals surface area contributed by atoms with Crippen molar-refractivity contribution in [3.05, 3.63) is 60.0 Å². The molecule has 1 aromatic carbocycles. The fraction of sp³-hybridized carbons (Fsp3) is 0.333. The minimum atomic E-state index is 0.0793. The number of carbonyl (C=O) groups is 1. The number of ketones is 1. The molecule has 33 heavy (non-hydrogen) atoms. The zero-order chi connectivity index (χ0) is 23.4. The molecule has 9 heteroatoms. The van der Waals surface area contributed by atoms with Gasteiger partial charge in [-0.25, -0.2) is 8.61 Å².